The largest absolute Gasteiger partial charge is 0.385 e. The molecule has 0 saturated carbocycles. The van der Waals surface area contributed by atoms with E-state index in [4.69, 9.17) is 4.74 Å². The Kier molecular flexibility index (Phi) is 4.19. The molecule has 0 atom stereocenters. The van der Waals surface area contributed by atoms with Crippen molar-refractivity contribution in [1.82, 2.24) is 10.3 Å². The molecule has 1 aromatic heterocycles. The van der Waals surface area contributed by atoms with Gasteiger partial charge in [-0.2, -0.15) is 0 Å². The maximum Gasteiger partial charge on any atom is 0.253 e. The number of aryl methyl sites for hydroxylation is 1. The van der Waals surface area contributed by atoms with E-state index in [1.165, 1.54) is 0 Å². The van der Waals surface area contributed by atoms with Crippen LogP contribution in [0.15, 0.2) is 12.3 Å². The third-order valence-electron chi connectivity index (χ3n) is 2.01. The molecule has 0 unspecified atom stereocenters. The van der Waals surface area contributed by atoms with Crippen LogP contribution in [-0.4, -0.2) is 31.2 Å². The number of hydrogen-bond donors (Lipinski definition) is 2. The van der Waals surface area contributed by atoms with E-state index in [0.717, 1.165) is 12.1 Å². The SMILES string of the molecule is COCCCNC(=O)c1cc[nH]c1C. The summed E-state index contributed by atoms with van der Waals surface area (Å²) >= 11 is 0. The molecule has 0 fully saturated rings. The van der Waals surface area contributed by atoms with E-state index in [1.807, 2.05) is 6.92 Å². The van der Waals surface area contributed by atoms with Crippen LogP contribution in [0.25, 0.3) is 0 Å². The molecule has 0 spiro atoms. The maximum atomic E-state index is 11.5. The van der Waals surface area contributed by atoms with Gasteiger partial charge in [-0.3, -0.25) is 4.79 Å². The van der Waals surface area contributed by atoms with Crippen LogP contribution in [0.2, 0.25) is 0 Å². The second-order valence-electron chi connectivity index (χ2n) is 3.12. The van der Waals surface area contributed by atoms with Crippen molar-refractivity contribution in [3.8, 4) is 0 Å². The van der Waals surface area contributed by atoms with Gasteiger partial charge >= 0.3 is 0 Å². The van der Waals surface area contributed by atoms with Gasteiger partial charge in [-0.15, -0.1) is 0 Å². The fourth-order valence-electron chi connectivity index (χ4n) is 1.21. The molecular weight excluding hydrogens is 180 g/mol. The van der Waals surface area contributed by atoms with Crippen LogP contribution in [0.3, 0.4) is 0 Å². The third-order valence-corrected chi connectivity index (χ3v) is 2.01. The molecule has 4 heteroatoms. The van der Waals surface area contributed by atoms with Crippen molar-refractivity contribution in [2.45, 2.75) is 13.3 Å². The molecule has 1 amide bonds. The smallest absolute Gasteiger partial charge is 0.253 e. The van der Waals surface area contributed by atoms with Crippen LogP contribution in [0.4, 0.5) is 0 Å². The van der Waals surface area contributed by atoms with Crippen LogP contribution in [0.5, 0.6) is 0 Å². The van der Waals surface area contributed by atoms with Gasteiger partial charge in [0.2, 0.25) is 0 Å². The number of hydrogen-bond acceptors (Lipinski definition) is 2. The van der Waals surface area contributed by atoms with Crippen molar-refractivity contribution < 1.29 is 9.53 Å². The zero-order valence-electron chi connectivity index (χ0n) is 8.59. The predicted octanol–water partition coefficient (Wildman–Crippen LogP) is 1.09. The number of rotatable bonds is 5. The summed E-state index contributed by atoms with van der Waals surface area (Å²) < 4.78 is 4.88. The number of H-pyrrole nitrogens is 1. The molecule has 14 heavy (non-hydrogen) atoms. The predicted molar refractivity (Wildman–Crippen MR) is 54.4 cm³/mol. The summed E-state index contributed by atoms with van der Waals surface area (Å²) in [5.74, 6) is -0.0279. The number of carbonyl (C=O) groups is 1. The van der Waals surface area contributed by atoms with Gasteiger partial charge in [0, 0.05) is 32.2 Å². The monoisotopic (exact) mass is 196 g/mol. The van der Waals surface area contributed by atoms with Crippen LogP contribution in [0, 0.1) is 6.92 Å². The number of methoxy groups -OCH3 is 1. The van der Waals surface area contributed by atoms with Crippen molar-refractivity contribution in [2.24, 2.45) is 0 Å². The lowest BCUT2D eigenvalue weighted by molar-refractivity contribution is 0.0948. The molecule has 1 aromatic rings. The van der Waals surface area contributed by atoms with E-state index in [-0.39, 0.29) is 5.91 Å². The van der Waals surface area contributed by atoms with Gasteiger partial charge in [0.05, 0.1) is 5.56 Å². The van der Waals surface area contributed by atoms with Crippen molar-refractivity contribution >= 4 is 5.91 Å². The number of nitrogens with one attached hydrogen (secondary N) is 2. The summed E-state index contributed by atoms with van der Waals surface area (Å²) in [6.45, 7) is 3.20. The number of ether oxygens (including phenoxy) is 1. The van der Waals surface area contributed by atoms with E-state index >= 15 is 0 Å². The highest BCUT2D eigenvalue weighted by Gasteiger charge is 2.07. The summed E-state index contributed by atoms with van der Waals surface area (Å²) in [5, 5.41) is 2.82. The number of aromatic amines is 1. The lowest BCUT2D eigenvalue weighted by atomic mass is 10.2. The van der Waals surface area contributed by atoms with Crippen molar-refractivity contribution in [2.75, 3.05) is 20.3 Å². The first-order chi connectivity index (χ1) is 6.75. The lowest BCUT2D eigenvalue weighted by Crippen LogP contribution is -2.25. The molecule has 0 aliphatic heterocycles. The minimum atomic E-state index is -0.0279. The molecule has 1 rings (SSSR count). The third kappa shape index (κ3) is 2.88. The first kappa shape index (κ1) is 10.8. The minimum absolute atomic E-state index is 0.0279. The quantitative estimate of drug-likeness (QED) is 0.693. The Morgan fingerprint density at radius 1 is 1.64 bits per heavy atom. The lowest BCUT2D eigenvalue weighted by Gasteiger charge is -2.03. The van der Waals surface area contributed by atoms with E-state index in [1.54, 1.807) is 19.4 Å². The Bertz CT molecular complexity index is 294. The molecule has 0 aliphatic rings. The number of carbonyl (C=O) groups excluding carboxylic acids is 1. The topological polar surface area (TPSA) is 54.1 Å². The van der Waals surface area contributed by atoms with Gasteiger partial charge < -0.3 is 15.0 Å². The Labute approximate surface area is 83.7 Å². The van der Waals surface area contributed by atoms with Crippen molar-refractivity contribution in [3.63, 3.8) is 0 Å². The molecule has 78 valence electrons. The maximum absolute atomic E-state index is 11.5. The Morgan fingerprint density at radius 2 is 2.43 bits per heavy atom. The second-order valence-corrected chi connectivity index (χ2v) is 3.12. The Morgan fingerprint density at radius 3 is 3.00 bits per heavy atom. The van der Waals surface area contributed by atoms with Gasteiger partial charge in [0.1, 0.15) is 0 Å². The van der Waals surface area contributed by atoms with E-state index in [0.29, 0.717) is 18.7 Å². The average Bonchev–Trinajstić information content (AvgIpc) is 2.59. The van der Waals surface area contributed by atoms with Crippen molar-refractivity contribution in [3.05, 3.63) is 23.5 Å². The molecule has 0 bridgehead atoms. The van der Waals surface area contributed by atoms with E-state index < -0.39 is 0 Å². The molecular formula is C10H16N2O2. The fraction of sp³-hybridized carbons (Fsp3) is 0.500. The number of amides is 1. The first-order valence-electron chi connectivity index (χ1n) is 4.67. The second kappa shape index (κ2) is 5.44. The Hall–Kier alpha value is -1.29. The Balaban J connectivity index is 2.32. The average molecular weight is 196 g/mol. The summed E-state index contributed by atoms with van der Waals surface area (Å²) in [6.07, 6.45) is 2.60. The summed E-state index contributed by atoms with van der Waals surface area (Å²) in [4.78, 5) is 14.5. The molecule has 2 N–H and O–H groups in total. The highest BCUT2D eigenvalue weighted by atomic mass is 16.5. The fourth-order valence-corrected chi connectivity index (χ4v) is 1.21. The van der Waals surface area contributed by atoms with Crippen molar-refractivity contribution in [1.29, 1.82) is 0 Å². The highest BCUT2D eigenvalue weighted by Crippen LogP contribution is 2.03. The first-order valence-corrected chi connectivity index (χ1v) is 4.67. The van der Waals surface area contributed by atoms with Crippen LogP contribution in [0.1, 0.15) is 22.5 Å². The van der Waals surface area contributed by atoms with Gasteiger partial charge in [0.15, 0.2) is 0 Å². The van der Waals surface area contributed by atoms with Crippen LogP contribution in [-0.2, 0) is 4.74 Å². The molecule has 0 saturated heterocycles. The van der Waals surface area contributed by atoms with Gasteiger partial charge in [-0.25, -0.2) is 0 Å². The zero-order valence-corrected chi connectivity index (χ0v) is 8.59. The summed E-state index contributed by atoms with van der Waals surface area (Å²) in [6, 6.07) is 1.78. The van der Waals surface area contributed by atoms with Gasteiger partial charge in [-0.1, -0.05) is 0 Å². The highest BCUT2D eigenvalue weighted by molar-refractivity contribution is 5.95. The van der Waals surface area contributed by atoms with Crippen LogP contribution >= 0.6 is 0 Å². The number of aromatic nitrogens is 1. The summed E-state index contributed by atoms with van der Waals surface area (Å²) in [5.41, 5.74) is 1.61. The van der Waals surface area contributed by atoms with Gasteiger partial charge in [0.25, 0.3) is 5.91 Å². The molecule has 0 radical (unpaired) electrons. The van der Waals surface area contributed by atoms with Crippen LogP contribution < -0.4 is 5.32 Å². The standard InChI is InChI=1S/C10H16N2O2/c1-8-9(4-6-11-8)10(13)12-5-3-7-14-2/h4,6,11H,3,5,7H2,1-2H3,(H,12,13). The molecule has 0 aromatic carbocycles. The van der Waals surface area contributed by atoms with E-state index in [9.17, 15) is 4.79 Å². The normalized spacial score (nSPS) is 10.1. The summed E-state index contributed by atoms with van der Waals surface area (Å²) in [7, 11) is 1.65. The molecule has 0 aliphatic carbocycles. The zero-order chi connectivity index (χ0) is 10.4. The molecule has 4 nitrogen and oxygen atoms in total. The van der Waals surface area contributed by atoms with Gasteiger partial charge in [-0.05, 0) is 19.4 Å². The molecule has 1 heterocycles. The minimum Gasteiger partial charge on any atom is -0.385 e. The van der Waals surface area contributed by atoms with E-state index in [2.05, 4.69) is 10.3 Å².